The van der Waals surface area contributed by atoms with Gasteiger partial charge >= 0.3 is 6.18 Å². The van der Waals surface area contributed by atoms with Crippen molar-refractivity contribution < 1.29 is 30.7 Å². The van der Waals surface area contributed by atoms with Gasteiger partial charge in [-0.05, 0) is 58.5 Å². The lowest BCUT2D eigenvalue weighted by atomic mass is 10.1. The van der Waals surface area contributed by atoms with Crippen LogP contribution in [0.5, 0.6) is 0 Å². The molecule has 0 amide bonds. The maximum absolute atomic E-state index is 13.4. The minimum absolute atomic E-state index is 0.0193. The maximum atomic E-state index is 13.4. The lowest BCUT2D eigenvalue weighted by molar-refractivity contribution is -0.252. The van der Waals surface area contributed by atoms with Crippen molar-refractivity contribution in [1.29, 1.82) is 0 Å². The number of benzene rings is 1. The summed E-state index contributed by atoms with van der Waals surface area (Å²) in [6.07, 6.45) is -3.34. The van der Waals surface area contributed by atoms with E-state index in [1.165, 1.54) is 13.0 Å². The highest BCUT2D eigenvalue weighted by atomic mass is 35.5. The highest BCUT2D eigenvalue weighted by molar-refractivity contribution is 7.89. The Morgan fingerprint density at radius 1 is 1.30 bits per heavy atom. The monoisotopic (exact) mass is 470 g/mol. The molecule has 1 N–H and O–H groups in total. The van der Waals surface area contributed by atoms with Crippen LogP contribution in [0.1, 0.15) is 27.7 Å². The quantitative estimate of drug-likeness (QED) is 0.301. The van der Waals surface area contributed by atoms with E-state index < -0.39 is 33.5 Å². The van der Waals surface area contributed by atoms with Crippen LogP contribution >= 0.6 is 11.6 Å². The molecule has 0 unspecified atom stereocenters. The predicted molar refractivity (Wildman–Crippen MR) is 107 cm³/mol. The third-order valence-corrected chi connectivity index (χ3v) is 6.17. The predicted octanol–water partition coefficient (Wildman–Crippen LogP) is 5.33. The number of alkyl halides is 3. The van der Waals surface area contributed by atoms with E-state index in [-0.39, 0.29) is 27.9 Å². The van der Waals surface area contributed by atoms with Crippen molar-refractivity contribution in [2.24, 2.45) is 0 Å². The van der Waals surface area contributed by atoms with E-state index in [4.69, 9.17) is 16.3 Å². The molecule has 0 fully saturated rings. The van der Waals surface area contributed by atoms with Crippen molar-refractivity contribution in [2.45, 2.75) is 44.4 Å². The van der Waals surface area contributed by atoms with Gasteiger partial charge < -0.3 is 10.1 Å². The van der Waals surface area contributed by atoms with Crippen molar-refractivity contribution in [1.82, 2.24) is 9.62 Å². The van der Waals surface area contributed by atoms with E-state index in [0.717, 1.165) is 36.4 Å². The Morgan fingerprint density at radius 2 is 1.87 bits per heavy atom. The topological polar surface area (TPSA) is 58.6 Å². The molecule has 168 valence electrons. The van der Waals surface area contributed by atoms with Gasteiger partial charge in [-0.15, -0.1) is 0 Å². The van der Waals surface area contributed by atoms with Crippen LogP contribution in [0.2, 0.25) is 5.02 Å². The van der Waals surface area contributed by atoms with E-state index in [1.807, 2.05) is 0 Å². The number of ether oxygens (including phenoxy) is 1. The van der Waals surface area contributed by atoms with Crippen molar-refractivity contribution in [2.75, 3.05) is 6.54 Å². The van der Waals surface area contributed by atoms with Crippen LogP contribution in [0.3, 0.4) is 0 Å². The van der Waals surface area contributed by atoms with Gasteiger partial charge in [-0.3, -0.25) is 4.31 Å². The fourth-order valence-electron chi connectivity index (χ4n) is 2.30. The zero-order valence-electron chi connectivity index (χ0n) is 16.9. The van der Waals surface area contributed by atoms with Crippen LogP contribution < -0.4 is 5.32 Å². The number of halogens is 5. The number of sulfonamides is 1. The molecule has 0 bridgehead atoms. The average molecular weight is 471 g/mol. The fraction of sp³-hybridized carbons (Fsp3) is 0.368. The van der Waals surface area contributed by atoms with Crippen LogP contribution in [0.25, 0.3) is 0 Å². The fourth-order valence-corrected chi connectivity index (χ4v) is 4.08. The standard InChI is InChI=1S/C19H23ClF4N2O3S/c1-7-26(30(27,28)15-8-9-17(21)16(20)11-15)13(3)10-12(2)25-14(4)29-18(5,6)19(22,23)24/h8-11,25H,2,4,7H2,1,3,5-6H3/b13-10+. The van der Waals surface area contributed by atoms with Crippen LogP contribution in [0.15, 0.2) is 59.6 Å². The largest absolute Gasteiger partial charge is 0.464 e. The summed E-state index contributed by atoms with van der Waals surface area (Å²) in [7, 11) is -4.07. The van der Waals surface area contributed by atoms with E-state index in [0.29, 0.717) is 0 Å². The number of nitrogens with zero attached hydrogens (tertiary/aromatic N) is 1. The van der Waals surface area contributed by atoms with Gasteiger partial charge in [0.05, 0.1) is 9.92 Å². The van der Waals surface area contributed by atoms with Crippen LogP contribution in [-0.2, 0) is 14.8 Å². The first kappa shape index (κ1) is 25.8. The normalized spacial score (nSPS) is 13.0. The van der Waals surface area contributed by atoms with E-state index in [2.05, 4.69) is 18.5 Å². The first-order chi connectivity index (χ1) is 13.5. The lowest BCUT2D eigenvalue weighted by Crippen LogP contribution is -2.42. The second-order valence-corrected chi connectivity index (χ2v) is 8.98. The number of allylic oxidation sites excluding steroid dienone is 2. The third-order valence-electron chi connectivity index (χ3n) is 3.90. The lowest BCUT2D eigenvalue weighted by Gasteiger charge is -2.30. The Bertz CT molecular complexity index is 957. The smallest absolute Gasteiger partial charge is 0.427 e. The summed E-state index contributed by atoms with van der Waals surface area (Å²) < 4.78 is 83.6. The second-order valence-electron chi connectivity index (χ2n) is 6.71. The minimum atomic E-state index is -4.63. The molecule has 1 aromatic carbocycles. The molecule has 0 atom stereocenters. The molecule has 0 radical (unpaired) electrons. The van der Waals surface area contributed by atoms with Crippen molar-refractivity contribution in [3.63, 3.8) is 0 Å². The summed E-state index contributed by atoms with van der Waals surface area (Å²) in [5, 5.41) is 2.10. The van der Waals surface area contributed by atoms with Crippen LogP contribution in [-0.4, -0.2) is 31.0 Å². The highest BCUT2D eigenvalue weighted by Crippen LogP contribution is 2.34. The van der Waals surface area contributed by atoms with E-state index >= 15 is 0 Å². The zero-order valence-corrected chi connectivity index (χ0v) is 18.5. The third kappa shape index (κ3) is 6.15. The number of nitrogens with one attached hydrogen (secondary N) is 1. The van der Waals surface area contributed by atoms with Crippen LogP contribution in [0, 0.1) is 5.82 Å². The molecule has 0 aliphatic heterocycles. The minimum Gasteiger partial charge on any atom is -0.464 e. The molecule has 0 spiro atoms. The molecule has 0 heterocycles. The summed E-state index contributed by atoms with van der Waals surface area (Å²) in [5.41, 5.74) is -2.25. The first-order valence-corrected chi connectivity index (χ1v) is 10.4. The SMILES string of the molecule is C=C(/C=C(\C)N(CC)S(=O)(=O)c1ccc(F)c(Cl)c1)NC(=C)OC(C)(C)C(F)(F)F. The van der Waals surface area contributed by atoms with Gasteiger partial charge in [-0.2, -0.15) is 13.2 Å². The van der Waals surface area contributed by atoms with Crippen molar-refractivity contribution in [3.8, 4) is 0 Å². The van der Waals surface area contributed by atoms with Crippen molar-refractivity contribution >= 4 is 21.6 Å². The molecule has 1 aromatic rings. The molecule has 11 heteroatoms. The Hall–Kier alpha value is -2.20. The van der Waals surface area contributed by atoms with Gasteiger partial charge in [0.25, 0.3) is 10.0 Å². The second kappa shape index (κ2) is 9.30. The molecule has 0 saturated carbocycles. The van der Waals surface area contributed by atoms with Crippen molar-refractivity contribution in [3.05, 3.63) is 65.6 Å². The summed E-state index contributed by atoms with van der Waals surface area (Å²) in [4.78, 5) is -0.221. The first-order valence-electron chi connectivity index (χ1n) is 8.59. The molecule has 30 heavy (non-hydrogen) atoms. The molecule has 0 saturated heterocycles. The molecule has 0 aliphatic rings. The molecule has 1 rings (SSSR count). The van der Waals surface area contributed by atoms with Gasteiger partial charge in [-0.25, -0.2) is 12.8 Å². The van der Waals surface area contributed by atoms with Gasteiger partial charge in [0.1, 0.15) is 5.82 Å². The van der Waals surface area contributed by atoms with Gasteiger partial charge in [0.2, 0.25) is 0 Å². The molecular weight excluding hydrogens is 448 g/mol. The summed E-state index contributed by atoms with van der Waals surface area (Å²) >= 11 is 5.67. The summed E-state index contributed by atoms with van der Waals surface area (Å²) in [5.74, 6) is -1.17. The maximum Gasteiger partial charge on any atom is 0.427 e. The Balaban J connectivity index is 3.03. The molecule has 0 aliphatic carbocycles. The molecule has 0 aromatic heterocycles. The Kier molecular flexibility index (Phi) is 8.01. The summed E-state index contributed by atoms with van der Waals surface area (Å²) in [6, 6.07) is 3.00. The molecule has 5 nitrogen and oxygen atoms in total. The van der Waals surface area contributed by atoms with Gasteiger partial charge in [0.15, 0.2) is 11.5 Å². The number of rotatable bonds is 9. The van der Waals surface area contributed by atoms with Gasteiger partial charge in [-0.1, -0.05) is 18.2 Å². The van der Waals surface area contributed by atoms with E-state index in [1.54, 1.807) is 6.92 Å². The number of hydrogen-bond donors (Lipinski definition) is 1. The Morgan fingerprint density at radius 3 is 2.33 bits per heavy atom. The molecular formula is C19H23ClF4N2O3S. The number of hydrogen-bond acceptors (Lipinski definition) is 4. The van der Waals surface area contributed by atoms with Gasteiger partial charge in [0, 0.05) is 17.9 Å². The summed E-state index contributed by atoms with van der Waals surface area (Å²) in [6.45, 7) is 11.7. The van der Waals surface area contributed by atoms with Crippen LogP contribution in [0.4, 0.5) is 17.6 Å². The van der Waals surface area contributed by atoms with E-state index in [9.17, 15) is 26.0 Å². The zero-order chi connectivity index (χ0) is 23.5. The highest BCUT2D eigenvalue weighted by Gasteiger charge is 2.50. The Labute approximate surface area is 178 Å². The average Bonchev–Trinajstić information content (AvgIpc) is 2.55.